The first-order valence-electron chi connectivity index (χ1n) is 1.71. The van der Waals surface area contributed by atoms with Crippen molar-refractivity contribution in [3.63, 3.8) is 0 Å². The highest BCUT2D eigenvalue weighted by Crippen LogP contribution is 2.04. The minimum atomic E-state index is 0.355. The Morgan fingerprint density at radius 1 is 1.75 bits per heavy atom. The van der Waals surface area contributed by atoms with Crippen molar-refractivity contribution >= 4 is 9.52 Å². The summed E-state index contributed by atoms with van der Waals surface area (Å²) in [6, 6.07) is 4.78. The van der Waals surface area contributed by atoms with Crippen molar-refractivity contribution in [2.75, 3.05) is 0 Å². The summed E-state index contributed by atoms with van der Waals surface area (Å²) in [6.45, 7) is 0. The first-order valence-corrected chi connectivity index (χ1v) is 3.41. The SMILES string of the molecule is [C]1CC[SiH2]1. The zero-order valence-corrected chi connectivity index (χ0v) is 4.04. The predicted molar refractivity (Wildman–Crippen MR) is 21.2 cm³/mol. The van der Waals surface area contributed by atoms with Gasteiger partial charge in [-0.1, -0.05) is 12.5 Å². The van der Waals surface area contributed by atoms with Gasteiger partial charge in [-0.3, -0.25) is 0 Å². The molecule has 0 aromatic heterocycles. The first-order chi connectivity index (χ1) is 2.00. The quantitative estimate of drug-likeness (QED) is 0.352. The first kappa shape index (κ1) is 2.45. The summed E-state index contributed by atoms with van der Waals surface area (Å²) >= 11 is 0. The smallest absolute Gasteiger partial charge is 0.0277 e. The Morgan fingerprint density at radius 2 is 2.00 bits per heavy atom. The molecule has 1 rings (SSSR count). The third-order valence-electron chi connectivity index (χ3n) is 0.707. The topological polar surface area (TPSA) is 0 Å². The lowest BCUT2D eigenvalue weighted by atomic mass is 10.5. The van der Waals surface area contributed by atoms with Gasteiger partial charge in [-0.15, -0.1) is 0 Å². The van der Waals surface area contributed by atoms with Gasteiger partial charge in [-0.05, 0) is 6.04 Å². The van der Waals surface area contributed by atoms with Crippen LogP contribution in [0.15, 0.2) is 0 Å². The van der Waals surface area contributed by atoms with E-state index >= 15 is 0 Å². The molecule has 0 saturated carbocycles. The second-order valence-electron chi connectivity index (χ2n) is 1.10. The Hall–Kier alpha value is 0.217. The van der Waals surface area contributed by atoms with E-state index in [1.165, 1.54) is 12.5 Å². The summed E-state index contributed by atoms with van der Waals surface area (Å²) in [5, 5.41) is 0. The van der Waals surface area contributed by atoms with Gasteiger partial charge in [0.15, 0.2) is 0 Å². The minimum absolute atomic E-state index is 0.355. The van der Waals surface area contributed by atoms with E-state index in [1.54, 1.807) is 0 Å². The molecule has 4 heavy (non-hydrogen) atoms. The molecule has 1 saturated heterocycles. The van der Waals surface area contributed by atoms with Gasteiger partial charge in [0.2, 0.25) is 0 Å². The lowest BCUT2D eigenvalue weighted by molar-refractivity contribution is 1.09. The van der Waals surface area contributed by atoms with Crippen LogP contribution in [0.3, 0.4) is 0 Å². The summed E-state index contributed by atoms with van der Waals surface area (Å²) in [6.07, 6.45) is 1.31. The summed E-state index contributed by atoms with van der Waals surface area (Å²) < 4.78 is 0. The van der Waals surface area contributed by atoms with E-state index in [2.05, 4.69) is 6.04 Å². The average Bonchev–Trinajstić information content (AvgIpc) is 0.722. The van der Waals surface area contributed by atoms with Crippen molar-refractivity contribution in [2.45, 2.75) is 12.5 Å². The van der Waals surface area contributed by atoms with Crippen molar-refractivity contribution < 1.29 is 0 Å². The van der Waals surface area contributed by atoms with Crippen molar-refractivity contribution in [1.29, 1.82) is 0 Å². The zero-order valence-electron chi connectivity index (χ0n) is 2.62. The van der Waals surface area contributed by atoms with Crippen LogP contribution >= 0.6 is 0 Å². The van der Waals surface area contributed by atoms with Crippen LogP contribution < -0.4 is 0 Å². The third-order valence-corrected chi connectivity index (χ3v) is 2.12. The lowest BCUT2D eigenvalue weighted by Crippen LogP contribution is -2.01. The van der Waals surface area contributed by atoms with Crippen LogP contribution in [-0.2, 0) is 0 Å². The van der Waals surface area contributed by atoms with Crippen molar-refractivity contribution in [1.82, 2.24) is 0 Å². The normalized spacial score (nSPS) is 24.0. The molecular formula is C3H6Si. The molecule has 1 heteroatoms. The highest BCUT2D eigenvalue weighted by molar-refractivity contribution is 6.44. The number of hydrogen-bond acceptors (Lipinski definition) is 0. The molecule has 1 fully saturated rings. The van der Waals surface area contributed by atoms with Crippen molar-refractivity contribution in [2.24, 2.45) is 0 Å². The molecule has 1 aliphatic heterocycles. The molecule has 0 aliphatic carbocycles. The number of rotatable bonds is 0. The van der Waals surface area contributed by atoms with Crippen LogP contribution in [0.2, 0.25) is 6.04 Å². The fraction of sp³-hybridized carbons (Fsp3) is 0.667. The number of hydrogen-bond donors (Lipinski definition) is 0. The van der Waals surface area contributed by atoms with Crippen LogP contribution in [0.5, 0.6) is 0 Å². The van der Waals surface area contributed by atoms with Crippen LogP contribution in [0.1, 0.15) is 6.42 Å². The van der Waals surface area contributed by atoms with Crippen LogP contribution in [-0.4, -0.2) is 9.52 Å². The van der Waals surface area contributed by atoms with Crippen molar-refractivity contribution in [3.8, 4) is 0 Å². The fourth-order valence-electron chi connectivity index (χ4n) is 0.177. The molecule has 0 aromatic rings. The Balaban J connectivity index is 2.00. The third kappa shape index (κ3) is 0.185. The molecule has 22 valence electrons. The minimum Gasteiger partial charge on any atom is -0.0620 e. The predicted octanol–water partition coefficient (Wildman–Crippen LogP) is 0.0160. The Kier molecular flexibility index (Phi) is 0.545. The fourth-order valence-corrected chi connectivity index (χ4v) is 0.530. The summed E-state index contributed by atoms with van der Waals surface area (Å²) in [7, 11) is 0.355. The van der Waals surface area contributed by atoms with Gasteiger partial charge in [-0.2, -0.15) is 0 Å². The summed E-state index contributed by atoms with van der Waals surface area (Å²) in [5.41, 5.74) is 0. The van der Waals surface area contributed by atoms with Crippen molar-refractivity contribution in [3.05, 3.63) is 6.04 Å². The van der Waals surface area contributed by atoms with Crippen LogP contribution in [0.25, 0.3) is 0 Å². The van der Waals surface area contributed by atoms with E-state index in [4.69, 9.17) is 0 Å². The highest BCUT2D eigenvalue weighted by Gasteiger charge is 1.97. The molecule has 0 spiro atoms. The van der Waals surface area contributed by atoms with E-state index in [-0.39, 0.29) is 0 Å². The van der Waals surface area contributed by atoms with E-state index in [0.717, 1.165) is 0 Å². The molecule has 1 heterocycles. The second-order valence-corrected chi connectivity index (χ2v) is 2.81. The maximum absolute atomic E-state index is 3.25. The molecule has 0 N–H and O–H groups in total. The van der Waals surface area contributed by atoms with Gasteiger partial charge in [0, 0.05) is 9.52 Å². The standard InChI is InChI=1S/C3H6Si/c1-2-4-3-1/h1-2,4H2. The van der Waals surface area contributed by atoms with Gasteiger partial charge in [0.05, 0.1) is 0 Å². The molecule has 0 nitrogen and oxygen atoms in total. The summed E-state index contributed by atoms with van der Waals surface area (Å²) in [5.74, 6) is 0. The molecule has 0 aromatic carbocycles. The van der Waals surface area contributed by atoms with Gasteiger partial charge in [0.1, 0.15) is 0 Å². The van der Waals surface area contributed by atoms with E-state index in [0.29, 0.717) is 9.52 Å². The second kappa shape index (κ2) is 0.889. The summed E-state index contributed by atoms with van der Waals surface area (Å²) in [4.78, 5) is 0. The molecule has 0 amide bonds. The monoisotopic (exact) mass is 70.0 g/mol. The van der Waals surface area contributed by atoms with Gasteiger partial charge >= 0.3 is 0 Å². The zero-order chi connectivity index (χ0) is 2.83. The molecular weight excluding hydrogens is 64.1 g/mol. The van der Waals surface area contributed by atoms with E-state index in [9.17, 15) is 0 Å². The Bertz CT molecular complexity index is 11.2. The lowest BCUT2D eigenvalue weighted by Gasteiger charge is -2.03. The van der Waals surface area contributed by atoms with Gasteiger partial charge in [-0.25, -0.2) is 0 Å². The maximum atomic E-state index is 3.25. The van der Waals surface area contributed by atoms with Gasteiger partial charge < -0.3 is 0 Å². The molecule has 0 bridgehead atoms. The molecule has 0 atom stereocenters. The molecule has 1 aliphatic rings. The Labute approximate surface area is 29.0 Å². The molecule has 0 unspecified atom stereocenters. The van der Waals surface area contributed by atoms with Crippen LogP contribution in [0, 0.1) is 6.04 Å². The van der Waals surface area contributed by atoms with Crippen LogP contribution in [0.4, 0.5) is 0 Å². The molecule has 2 radical (unpaired) electrons. The average molecular weight is 70.2 g/mol. The van der Waals surface area contributed by atoms with E-state index in [1.807, 2.05) is 0 Å². The maximum Gasteiger partial charge on any atom is 0.0277 e. The Morgan fingerprint density at radius 3 is 2.00 bits per heavy atom. The van der Waals surface area contributed by atoms with E-state index < -0.39 is 0 Å². The largest absolute Gasteiger partial charge is 0.0620 e. The van der Waals surface area contributed by atoms with Gasteiger partial charge in [0.25, 0.3) is 0 Å². The highest BCUT2D eigenvalue weighted by atomic mass is 28.2.